The molecular formula is C50H46IrN2O-2. The van der Waals surface area contributed by atoms with Gasteiger partial charge in [0.15, 0.2) is 0 Å². The molecule has 8 rings (SSSR count). The van der Waals surface area contributed by atoms with Gasteiger partial charge >= 0.3 is 0 Å². The van der Waals surface area contributed by atoms with Crippen LogP contribution in [0.5, 0.6) is 0 Å². The minimum absolute atomic E-state index is 0. The molecule has 3 aromatic heterocycles. The molecule has 0 aliphatic rings. The van der Waals surface area contributed by atoms with Gasteiger partial charge in [0.25, 0.3) is 0 Å². The SMILES string of the molecule is [2H]C([2H])([2H])c1c[c-]c(-c2ccc(C([2H])([2H])[2H])cn2)cc1.[2H]C([2H])([2H])c1ccc2c(c1)oc1c(-c3cc(-c4cc(C([2H])([2H])[2H])c(-c5ccc(C(C)(C)C)cc5)cc4C([2H])([2H])[2H])c(C([2H])([2H])[2H])cn3)[c-]ccc12.[Ir]. The normalized spacial score (nSPS) is 17.6. The third-order valence-corrected chi connectivity index (χ3v) is 8.96. The number of pyridine rings is 2. The van der Waals surface area contributed by atoms with Crippen LogP contribution in [0.25, 0.3) is 66.7 Å². The van der Waals surface area contributed by atoms with Crippen LogP contribution in [-0.4, -0.2) is 9.97 Å². The van der Waals surface area contributed by atoms with Crippen molar-refractivity contribution in [2.24, 2.45) is 0 Å². The van der Waals surface area contributed by atoms with E-state index in [9.17, 15) is 0 Å². The third kappa shape index (κ3) is 8.02. The molecule has 0 aliphatic carbocycles. The fourth-order valence-electron chi connectivity index (χ4n) is 6.10. The Morgan fingerprint density at radius 2 is 1.30 bits per heavy atom. The smallest absolute Gasteiger partial charge is 0.121 e. The Labute approximate surface area is 359 Å². The predicted octanol–water partition coefficient (Wildman–Crippen LogP) is 13.5. The van der Waals surface area contributed by atoms with E-state index in [0.717, 1.165) is 11.8 Å². The zero-order valence-electron chi connectivity index (χ0n) is 47.6. The molecule has 5 aromatic carbocycles. The van der Waals surface area contributed by atoms with Gasteiger partial charge < -0.3 is 14.4 Å². The molecule has 0 aliphatic heterocycles. The van der Waals surface area contributed by atoms with Crippen molar-refractivity contribution >= 4 is 21.9 Å². The van der Waals surface area contributed by atoms with Crippen molar-refractivity contribution in [3.63, 3.8) is 0 Å². The fraction of sp³-hybridized carbons (Fsp3) is 0.200. The Balaban J connectivity index is 0.000000338. The molecule has 273 valence electrons. The summed E-state index contributed by atoms with van der Waals surface area (Å²) in [6.45, 7) is -8.78. The molecule has 8 aromatic rings. The van der Waals surface area contributed by atoms with Crippen molar-refractivity contribution in [2.75, 3.05) is 0 Å². The molecular weight excluding hydrogens is 837 g/mol. The van der Waals surface area contributed by atoms with E-state index >= 15 is 0 Å². The molecule has 4 heteroatoms. The van der Waals surface area contributed by atoms with Crippen LogP contribution < -0.4 is 0 Å². The Kier molecular flexibility index (Phi) is 6.29. The summed E-state index contributed by atoms with van der Waals surface area (Å²) in [7, 11) is 0. The van der Waals surface area contributed by atoms with Gasteiger partial charge in [0.05, 0.1) is 5.58 Å². The second-order valence-corrected chi connectivity index (χ2v) is 13.7. The van der Waals surface area contributed by atoms with Crippen molar-refractivity contribution in [1.82, 2.24) is 9.97 Å². The quantitative estimate of drug-likeness (QED) is 0.165. The second kappa shape index (κ2) is 15.7. The predicted molar refractivity (Wildman–Crippen MR) is 222 cm³/mol. The molecule has 0 N–H and O–H groups in total. The molecule has 0 saturated carbocycles. The molecule has 1 radical (unpaired) electrons. The summed E-state index contributed by atoms with van der Waals surface area (Å²) in [5.41, 5.74) is 3.57. The monoisotopic (exact) mass is 901 g/mol. The third-order valence-electron chi connectivity index (χ3n) is 8.96. The Morgan fingerprint density at radius 1 is 0.593 bits per heavy atom. The summed E-state index contributed by atoms with van der Waals surface area (Å²) in [4.78, 5) is 8.52. The van der Waals surface area contributed by atoms with Crippen LogP contribution in [0.1, 0.15) is 84.4 Å². The van der Waals surface area contributed by atoms with Crippen LogP contribution in [-0.2, 0) is 25.5 Å². The van der Waals surface area contributed by atoms with Crippen LogP contribution in [0.4, 0.5) is 0 Å². The van der Waals surface area contributed by atoms with E-state index in [4.69, 9.17) is 29.1 Å². The number of hydrogen-bond acceptors (Lipinski definition) is 3. The summed E-state index contributed by atoms with van der Waals surface area (Å²) < 4.78 is 149. The maximum Gasteiger partial charge on any atom is 0.121 e. The average Bonchev–Trinajstić information content (AvgIpc) is 3.65. The minimum Gasteiger partial charge on any atom is -0.501 e. The van der Waals surface area contributed by atoms with Gasteiger partial charge in [-0.15, -0.1) is 53.6 Å². The summed E-state index contributed by atoms with van der Waals surface area (Å²) in [5, 5.41) is 1.28. The van der Waals surface area contributed by atoms with Gasteiger partial charge in [0, 0.05) is 62.6 Å². The Bertz CT molecular complexity index is 3170. The van der Waals surface area contributed by atoms with Crippen LogP contribution in [0.2, 0.25) is 0 Å². The number of aromatic nitrogens is 2. The molecule has 0 spiro atoms. The van der Waals surface area contributed by atoms with Gasteiger partial charge in [-0.2, -0.15) is 0 Å². The van der Waals surface area contributed by atoms with Crippen molar-refractivity contribution in [1.29, 1.82) is 0 Å². The summed E-state index contributed by atoms with van der Waals surface area (Å²) in [5.74, 6) is 0. The zero-order chi connectivity index (χ0) is 52.4. The first kappa shape index (κ1) is 21.7. The molecule has 0 saturated heterocycles. The van der Waals surface area contributed by atoms with Crippen LogP contribution >= 0.6 is 0 Å². The molecule has 0 bridgehead atoms. The number of fused-ring (bicyclic) bond motifs is 3. The van der Waals surface area contributed by atoms with E-state index in [1.54, 1.807) is 42.5 Å². The van der Waals surface area contributed by atoms with Gasteiger partial charge in [-0.1, -0.05) is 105 Å². The number of nitrogens with zero attached hydrogens (tertiary/aromatic N) is 2. The first-order valence-electron chi connectivity index (χ1n) is 25.8. The van der Waals surface area contributed by atoms with E-state index in [-0.39, 0.29) is 81.3 Å². The van der Waals surface area contributed by atoms with Gasteiger partial charge in [0.1, 0.15) is 5.58 Å². The summed E-state index contributed by atoms with van der Waals surface area (Å²) >= 11 is 0. The van der Waals surface area contributed by atoms with Crippen LogP contribution in [0.15, 0.2) is 120 Å². The number of furan rings is 1. The average molecular weight is 901 g/mol. The van der Waals surface area contributed by atoms with Crippen molar-refractivity contribution < 1.29 is 49.2 Å². The van der Waals surface area contributed by atoms with Gasteiger partial charge in [-0.3, -0.25) is 0 Å². The molecule has 0 atom stereocenters. The maximum atomic E-state index is 8.51. The van der Waals surface area contributed by atoms with Gasteiger partial charge in [-0.05, 0) is 113 Å². The standard InChI is InChI=1S/C37H34NO.C13H12N.Ir/c1-22-11-16-28-29-9-8-10-30(36(29)39-35(28)17-22)34-20-33(25(4)21-38-34)32-19-23(2)31(18-24(32)3)26-12-14-27(15-13-26)37(5,6)7;1-10-3-6-12(7-4-10)13-8-5-11(2)9-14-13;/h8-9,11-21H,1-7H3;3-6,8-9H,1-2H3;/q2*-1;/i1D3,2D3,3D3,4D3;1D3,2D3;. The van der Waals surface area contributed by atoms with Crippen molar-refractivity contribution in [3.05, 3.63) is 167 Å². The number of aryl methyl sites for hydroxylation is 6. The van der Waals surface area contributed by atoms with E-state index in [0.29, 0.717) is 44.3 Å². The zero-order valence-corrected chi connectivity index (χ0v) is 32.0. The number of hydrogen-bond donors (Lipinski definition) is 0. The molecule has 54 heavy (non-hydrogen) atoms. The van der Waals surface area contributed by atoms with Crippen LogP contribution in [0.3, 0.4) is 0 Å². The molecule has 0 unspecified atom stereocenters. The van der Waals surface area contributed by atoms with E-state index in [1.165, 1.54) is 54.7 Å². The van der Waals surface area contributed by atoms with E-state index < -0.39 is 41.1 Å². The van der Waals surface area contributed by atoms with Gasteiger partial charge in [-0.25, -0.2) is 0 Å². The maximum absolute atomic E-state index is 8.51. The Hall–Kier alpha value is -5.15. The van der Waals surface area contributed by atoms with Crippen LogP contribution in [0, 0.1) is 53.2 Å². The molecule has 3 heterocycles. The molecule has 0 fully saturated rings. The fourth-order valence-corrected chi connectivity index (χ4v) is 6.10. The summed E-state index contributed by atoms with van der Waals surface area (Å²) in [6.07, 6.45) is 2.44. The second-order valence-electron chi connectivity index (χ2n) is 13.7. The molecule has 0 amide bonds. The first-order chi connectivity index (χ1) is 32.6. The Morgan fingerprint density at radius 3 is 1.98 bits per heavy atom. The number of rotatable bonds is 4. The van der Waals surface area contributed by atoms with E-state index in [2.05, 4.69) is 22.1 Å². The summed E-state index contributed by atoms with van der Waals surface area (Å²) in [6, 6.07) is 32.8. The van der Waals surface area contributed by atoms with Crippen molar-refractivity contribution in [3.8, 4) is 44.8 Å². The van der Waals surface area contributed by atoms with Crippen molar-refractivity contribution in [2.45, 2.75) is 67.3 Å². The van der Waals surface area contributed by atoms with Gasteiger partial charge in [0.2, 0.25) is 0 Å². The van der Waals surface area contributed by atoms with E-state index in [1.807, 2.05) is 32.9 Å². The minimum atomic E-state index is -2.77. The first-order valence-corrected chi connectivity index (χ1v) is 16.8. The topological polar surface area (TPSA) is 38.9 Å². The number of benzene rings is 5. The molecule has 3 nitrogen and oxygen atoms in total. The largest absolute Gasteiger partial charge is 0.501 e.